The molecular formula is C17H16F3NO. The number of hydrogen-bond acceptors (Lipinski definition) is 2. The van der Waals surface area contributed by atoms with Gasteiger partial charge in [0.2, 0.25) is 0 Å². The first-order chi connectivity index (χ1) is 10.4. The molecule has 22 heavy (non-hydrogen) atoms. The maximum absolute atomic E-state index is 12.2. The highest BCUT2D eigenvalue weighted by Crippen LogP contribution is 2.30. The molecule has 0 saturated heterocycles. The molecule has 5 heteroatoms. The van der Waals surface area contributed by atoms with Gasteiger partial charge < -0.3 is 10.1 Å². The van der Waals surface area contributed by atoms with Crippen LogP contribution < -0.4 is 10.1 Å². The smallest absolute Gasteiger partial charge is 0.422 e. The fraction of sp³-hybridized carbons (Fsp3) is 0.294. The molecule has 1 N–H and O–H groups in total. The first-order valence-corrected chi connectivity index (χ1v) is 7.05. The van der Waals surface area contributed by atoms with E-state index < -0.39 is 12.8 Å². The predicted molar refractivity (Wildman–Crippen MR) is 78.7 cm³/mol. The monoisotopic (exact) mass is 307 g/mol. The number of hydrogen-bond donors (Lipinski definition) is 1. The minimum atomic E-state index is -4.32. The number of halogens is 3. The lowest BCUT2D eigenvalue weighted by atomic mass is 9.97. The number of nitrogens with one attached hydrogen (secondary N) is 1. The lowest BCUT2D eigenvalue weighted by molar-refractivity contribution is -0.153. The first kappa shape index (κ1) is 14.9. The van der Waals surface area contributed by atoms with E-state index in [9.17, 15) is 13.2 Å². The van der Waals surface area contributed by atoms with Crippen LogP contribution in [-0.2, 0) is 13.1 Å². The van der Waals surface area contributed by atoms with E-state index in [1.54, 1.807) is 12.1 Å². The summed E-state index contributed by atoms with van der Waals surface area (Å²) in [5, 5.41) is 3.29. The van der Waals surface area contributed by atoms with Crippen molar-refractivity contribution >= 4 is 0 Å². The summed E-state index contributed by atoms with van der Waals surface area (Å²) >= 11 is 0. The van der Waals surface area contributed by atoms with Crippen LogP contribution in [0.15, 0.2) is 36.4 Å². The highest BCUT2D eigenvalue weighted by molar-refractivity contribution is 5.69. The number of rotatable bonds is 3. The molecule has 0 bridgehead atoms. The van der Waals surface area contributed by atoms with Crippen LogP contribution in [0.5, 0.6) is 5.75 Å². The summed E-state index contributed by atoms with van der Waals surface area (Å²) in [5.41, 5.74) is 5.54. The Balaban J connectivity index is 1.83. The van der Waals surface area contributed by atoms with E-state index in [4.69, 9.17) is 4.74 Å². The molecule has 0 aromatic heterocycles. The molecule has 0 aliphatic carbocycles. The van der Waals surface area contributed by atoms with Gasteiger partial charge in [-0.2, -0.15) is 13.2 Å². The van der Waals surface area contributed by atoms with Crippen molar-refractivity contribution in [3.8, 4) is 16.9 Å². The second kappa shape index (κ2) is 5.65. The van der Waals surface area contributed by atoms with Crippen molar-refractivity contribution in [3.05, 3.63) is 53.1 Å². The molecule has 2 aromatic rings. The van der Waals surface area contributed by atoms with E-state index in [-0.39, 0.29) is 5.75 Å². The largest absolute Gasteiger partial charge is 0.484 e. The maximum Gasteiger partial charge on any atom is 0.422 e. The number of fused-ring (bicyclic) bond motifs is 1. The Morgan fingerprint density at radius 2 is 1.82 bits per heavy atom. The normalized spacial score (nSPS) is 14.0. The minimum absolute atomic E-state index is 0.237. The van der Waals surface area contributed by atoms with Gasteiger partial charge in [0.25, 0.3) is 0 Å². The summed E-state index contributed by atoms with van der Waals surface area (Å²) in [5.74, 6) is 0.237. The Morgan fingerprint density at radius 3 is 2.55 bits per heavy atom. The van der Waals surface area contributed by atoms with E-state index in [0.29, 0.717) is 0 Å². The van der Waals surface area contributed by atoms with Crippen molar-refractivity contribution in [3.63, 3.8) is 0 Å². The molecule has 0 radical (unpaired) electrons. The summed E-state index contributed by atoms with van der Waals surface area (Å²) in [4.78, 5) is 0. The minimum Gasteiger partial charge on any atom is -0.484 e. The zero-order valence-corrected chi connectivity index (χ0v) is 12.1. The molecule has 0 unspecified atom stereocenters. The Kier molecular flexibility index (Phi) is 3.83. The molecule has 0 spiro atoms. The van der Waals surface area contributed by atoms with Gasteiger partial charge in [0, 0.05) is 13.1 Å². The quantitative estimate of drug-likeness (QED) is 0.917. The molecule has 1 aliphatic rings. The standard InChI is InChI=1S/C17H16F3NO/c1-11-6-15(22-10-17(18,19)20)4-5-16(11)12-2-3-13-8-21-9-14(13)7-12/h2-7,21H,8-10H2,1H3. The van der Waals surface area contributed by atoms with E-state index in [1.807, 2.05) is 19.1 Å². The second-order valence-electron chi connectivity index (χ2n) is 5.47. The fourth-order valence-corrected chi connectivity index (χ4v) is 2.68. The zero-order chi connectivity index (χ0) is 15.7. The van der Waals surface area contributed by atoms with Crippen LogP contribution in [0.25, 0.3) is 11.1 Å². The third kappa shape index (κ3) is 3.25. The van der Waals surface area contributed by atoms with Crippen LogP contribution in [0.4, 0.5) is 13.2 Å². The highest BCUT2D eigenvalue weighted by atomic mass is 19.4. The predicted octanol–water partition coefficient (Wildman–Crippen LogP) is 4.21. The van der Waals surface area contributed by atoms with Gasteiger partial charge in [-0.1, -0.05) is 18.2 Å². The van der Waals surface area contributed by atoms with Gasteiger partial charge in [0.05, 0.1) is 0 Å². The van der Waals surface area contributed by atoms with Gasteiger partial charge in [0.1, 0.15) is 5.75 Å². The molecule has 0 amide bonds. The van der Waals surface area contributed by atoms with E-state index >= 15 is 0 Å². The first-order valence-electron chi connectivity index (χ1n) is 7.05. The Hall–Kier alpha value is -2.01. The molecular weight excluding hydrogens is 291 g/mol. The van der Waals surface area contributed by atoms with E-state index in [0.717, 1.165) is 29.8 Å². The average molecular weight is 307 g/mol. The van der Waals surface area contributed by atoms with Gasteiger partial charge in [-0.3, -0.25) is 0 Å². The molecule has 2 aromatic carbocycles. The van der Waals surface area contributed by atoms with Gasteiger partial charge in [-0.25, -0.2) is 0 Å². The van der Waals surface area contributed by atoms with Crippen LogP contribution in [0.1, 0.15) is 16.7 Å². The van der Waals surface area contributed by atoms with E-state index in [1.165, 1.54) is 11.1 Å². The zero-order valence-electron chi connectivity index (χ0n) is 12.1. The summed E-state index contributed by atoms with van der Waals surface area (Å²) < 4.78 is 41.3. The molecule has 0 atom stereocenters. The lowest BCUT2D eigenvalue weighted by Crippen LogP contribution is -2.19. The summed E-state index contributed by atoms with van der Waals surface area (Å²) in [6, 6.07) is 11.3. The Morgan fingerprint density at radius 1 is 1.05 bits per heavy atom. The molecule has 3 rings (SSSR count). The van der Waals surface area contributed by atoms with Gasteiger partial charge >= 0.3 is 6.18 Å². The topological polar surface area (TPSA) is 21.3 Å². The number of benzene rings is 2. The van der Waals surface area contributed by atoms with Crippen LogP contribution >= 0.6 is 0 Å². The highest BCUT2D eigenvalue weighted by Gasteiger charge is 2.28. The molecule has 1 heterocycles. The van der Waals surface area contributed by atoms with Crippen molar-refractivity contribution in [2.45, 2.75) is 26.2 Å². The number of aryl methyl sites for hydroxylation is 1. The summed E-state index contributed by atoms with van der Waals surface area (Å²) in [7, 11) is 0. The van der Waals surface area contributed by atoms with Crippen molar-refractivity contribution in [1.29, 1.82) is 0 Å². The van der Waals surface area contributed by atoms with Gasteiger partial charge in [-0.05, 0) is 52.9 Å². The van der Waals surface area contributed by atoms with Crippen molar-refractivity contribution in [1.82, 2.24) is 5.32 Å². The van der Waals surface area contributed by atoms with Crippen molar-refractivity contribution in [2.75, 3.05) is 6.61 Å². The van der Waals surface area contributed by atoms with Gasteiger partial charge in [0.15, 0.2) is 6.61 Å². The van der Waals surface area contributed by atoms with Crippen molar-refractivity contribution < 1.29 is 17.9 Å². The Bertz CT molecular complexity index is 695. The lowest BCUT2D eigenvalue weighted by Gasteiger charge is -2.12. The Labute approximate surface area is 126 Å². The van der Waals surface area contributed by atoms with Gasteiger partial charge in [-0.15, -0.1) is 0 Å². The van der Waals surface area contributed by atoms with Crippen LogP contribution in [-0.4, -0.2) is 12.8 Å². The molecule has 116 valence electrons. The molecule has 2 nitrogen and oxygen atoms in total. The molecule has 0 fully saturated rings. The SMILES string of the molecule is Cc1cc(OCC(F)(F)F)ccc1-c1ccc2c(c1)CNC2. The third-order valence-corrected chi connectivity index (χ3v) is 3.75. The van der Waals surface area contributed by atoms with Crippen LogP contribution in [0, 0.1) is 6.92 Å². The third-order valence-electron chi connectivity index (χ3n) is 3.75. The van der Waals surface area contributed by atoms with E-state index in [2.05, 4.69) is 17.4 Å². The fourth-order valence-electron chi connectivity index (χ4n) is 2.68. The summed E-state index contributed by atoms with van der Waals surface area (Å²) in [6.45, 7) is 2.35. The maximum atomic E-state index is 12.2. The van der Waals surface area contributed by atoms with Crippen LogP contribution in [0.2, 0.25) is 0 Å². The average Bonchev–Trinajstić information content (AvgIpc) is 2.92. The van der Waals surface area contributed by atoms with Crippen molar-refractivity contribution in [2.24, 2.45) is 0 Å². The number of alkyl halides is 3. The number of ether oxygens (including phenoxy) is 1. The second-order valence-corrected chi connectivity index (χ2v) is 5.47. The molecule has 0 saturated carbocycles. The van der Waals surface area contributed by atoms with Crippen LogP contribution in [0.3, 0.4) is 0 Å². The molecule has 1 aliphatic heterocycles. The summed E-state index contributed by atoms with van der Waals surface area (Å²) in [6.07, 6.45) is -4.32.